The topological polar surface area (TPSA) is 69.4 Å². The highest BCUT2D eigenvalue weighted by Gasteiger charge is 2.65. The Morgan fingerprint density at radius 2 is 2.05 bits per heavy atom. The van der Waals surface area contributed by atoms with Crippen LogP contribution in [0.1, 0.15) is 19.3 Å². The van der Waals surface area contributed by atoms with Gasteiger partial charge in [-0.15, -0.1) is 0 Å². The Morgan fingerprint density at radius 3 is 2.68 bits per heavy atom. The molecule has 1 unspecified atom stereocenters. The first kappa shape index (κ1) is 15.6. The fraction of sp³-hybridized carbons (Fsp3) is 0.533. The lowest BCUT2D eigenvalue weighted by Crippen LogP contribution is -2.59. The number of hydrogen-bond donors (Lipinski definition) is 1. The van der Waals surface area contributed by atoms with Crippen LogP contribution in [0.15, 0.2) is 30.3 Å². The summed E-state index contributed by atoms with van der Waals surface area (Å²) in [5.74, 6) is 0.543. The van der Waals surface area contributed by atoms with Crippen molar-refractivity contribution in [2.24, 2.45) is 5.73 Å². The van der Waals surface area contributed by atoms with E-state index in [1.807, 2.05) is 0 Å². The van der Waals surface area contributed by atoms with Gasteiger partial charge in [0.25, 0.3) is 0 Å². The fourth-order valence-electron chi connectivity index (χ4n) is 3.40. The summed E-state index contributed by atoms with van der Waals surface area (Å²) in [6.45, 7) is 0.0286. The second kappa shape index (κ2) is 6.06. The van der Waals surface area contributed by atoms with Crippen LogP contribution in [0.25, 0.3) is 0 Å². The summed E-state index contributed by atoms with van der Waals surface area (Å²) < 4.78 is 31.9. The third-order valence-corrected chi connectivity index (χ3v) is 6.36. The Hall–Kier alpha value is -1.31. The zero-order valence-electron chi connectivity index (χ0n) is 12.2. The van der Waals surface area contributed by atoms with Crippen molar-refractivity contribution in [1.82, 2.24) is 4.71 Å². The molecule has 0 spiro atoms. The number of nitrogens with two attached hydrogens (primary N) is 1. The number of ether oxygens (including phenoxy) is 1. The molecule has 3 rings (SSSR count). The lowest BCUT2D eigenvalue weighted by molar-refractivity contribution is 0.0476. The maximum absolute atomic E-state index is 15.8. The van der Waals surface area contributed by atoms with Gasteiger partial charge in [-0.05, 0) is 12.8 Å². The predicted molar refractivity (Wildman–Crippen MR) is 83.1 cm³/mol. The van der Waals surface area contributed by atoms with Crippen LogP contribution < -0.4 is 10.4 Å². The SMILES string of the molecule is NCC1OC(=O)[N@@+](F)(c2ccccc2)[C@@H]1[C@H]1CCCC[S@@]1=O. The molecule has 22 heavy (non-hydrogen) atoms. The molecule has 5 nitrogen and oxygen atoms in total. The van der Waals surface area contributed by atoms with Crippen molar-refractivity contribution in [1.29, 1.82) is 0 Å². The van der Waals surface area contributed by atoms with E-state index < -0.39 is 39.0 Å². The van der Waals surface area contributed by atoms with Crippen molar-refractivity contribution in [2.45, 2.75) is 36.7 Å². The number of amides is 1. The molecule has 1 aromatic carbocycles. The number of carbonyl (C=O) groups excluding carboxylic acids is 1. The Morgan fingerprint density at radius 1 is 1.32 bits per heavy atom. The van der Waals surface area contributed by atoms with E-state index in [2.05, 4.69) is 0 Å². The van der Waals surface area contributed by atoms with E-state index in [1.165, 1.54) is 0 Å². The van der Waals surface area contributed by atoms with E-state index in [0.717, 1.165) is 12.8 Å². The average Bonchev–Trinajstić information content (AvgIpc) is 2.81. The molecule has 120 valence electrons. The molecule has 2 aliphatic heterocycles. The van der Waals surface area contributed by atoms with Crippen LogP contribution in [0.2, 0.25) is 0 Å². The van der Waals surface area contributed by atoms with Crippen molar-refractivity contribution < 1.29 is 18.2 Å². The number of para-hydroxylation sites is 1. The number of halogens is 1. The highest BCUT2D eigenvalue weighted by molar-refractivity contribution is 7.85. The average molecular weight is 327 g/mol. The number of carbonyl (C=O) groups is 1. The third kappa shape index (κ3) is 2.37. The van der Waals surface area contributed by atoms with Crippen molar-refractivity contribution in [3.63, 3.8) is 0 Å². The molecule has 0 bridgehead atoms. The summed E-state index contributed by atoms with van der Waals surface area (Å²) in [4.78, 5) is 12.2. The van der Waals surface area contributed by atoms with Crippen LogP contribution in [0, 0.1) is 0 Å². The highest BCUT2D eigenvalue weighted by Crippen LogP contribution is 2.41. The quantitative estimate of drug-likeness (QED) is 0.863. The lowest BCUT2D eigenvalue weighted by Gasteiger charge is -2.31. The molecule has 1 aromatic rings. The second-order valence-corrected chi connectivity index (χ2v) is 7.52. The van der Waals surface area contributed by atoms with Gasteiger partial charge >= 0.3 is 6.09 Å². The van der Waals surface area contributed by atoms with Gasteiger partial charge in [-0.2, -0.15) is 4.79 Å². The molecule has 1 amide bonds. The minimum atomic E-state index is -1.46. The largest absolute Gasteiger partial charge is 0.562 e. The molecule has 2 heterocycles. The molecule has 2 fully saturated rings. The minimum Gasteiger partial charge on any atom is -0.406 e. The zero-order valence-corrected chi connectivity index (χ0v) is 13.0. The number of benzene rings is 1. The zero-order chi connectivity index (χ0) is 15.7. The standard InChI is InChI=1S/C15H20FN2O3S/c16-18(11-6-2-1-3-7-11)14(12(10-17)21-15(18)19)13-8-4-5-9-22(13)20/h1-3,6-7,12-14H,4-5,8-10,17H2/q+1/t12?,13-,14+,18-,22+/m1/s1. The molecule has 0 saturated carbocycles. The van der Waals surface area contributed by atoms with Crippen LogP contribution in [0.5, 0.6) is 0 Å². The highest BCUT2D eigenvalue weighted by atomic mass is 32.2. The van der Waals surface area contributed by atoms with E-state index >= 15 is 4.48 Å². The number of cyclic esters (lactones) is 1. The van der Waals surface area contributed by atoms with Gasteiger partial charge in [-0.1, -0.05) is 24.6 Å². The number of hydrogen-bond acceptors (Lipinski definition) is 4. The third-order valence-electron chi connectivity index (χ3n) is 4.48. The van der Waals surface area contributed by atoms with E-state index in [1.54, 1.807) is 30.3 Å². The van der Waals surface area contributed by atoms with Crippen molar-refractivity contribution >= 4 is 22.6 Å². The summed E-state index contributed by atoms with van der Waals surface area (Å²) in [7, 11) is -1.17. The Balaban J connectivity index is 2.05. The fourth-order valence-corrected chi connectivity index (χ4v) is 5.28. The first-order valence-corrected chi connectivity index (χ1v) is 8.89. The lowest BCUT2D eigenvalue weighted by atomic mass is 10.0. The molecule has 0 radical (unpaired) electrons. The van der Waals surface area contributed by atoms with Crippen molar-refractivity contribution in [3.8, 4) is 0 Å². The predicted octanol–water partition coefficient (Wildman–Crippen LogP) is 2.03. The van der Waals surface area contributed by atoms with E-state index in [-0.39, 0.29) is 12.2 Å². The van der Waals surface area contributed by atoms with E-state index in [0.29, 0.717) is 12.2 Å². The molecule has 2 aliphatic rings. The van der Waals surface area contributed by atoms with Crippen molar-refractivity contribution in [2.75, 3.05) is 12.3 Å². The minimum absolute atomic E-state index is 0.0286. The van der Waals surface area contributed by atoms with Gasteiger partial charge in [0.15, 0.2) is 17.8 Å². The van der Waals surface area contributed by atoms with Crippen molar-refractivity contribution in [3.05, 3.63) is 30.3 Å². The van der Waals surface area contributed by atoms with E-state index in [4.69, 9.17) is 10.5 Å². The first-order valence-electron chi connectivity index (χ1n) is 7.51. The molecule has 2 saturated heterocycles. The van der Waals surface area contributed by atoms with Gasteiger partial charge in [0, 0.05) is 44.4 Å². The maximum Gasteiger partial charge on any atom is 0.562 e. The Bertz CT molecular complexity index is 585. The normalized spacial score (nSPS) is 38.7. The number of quaternary nitrogens is 1. The van der Waals surface area contributed by atoms with Crippen LogP contribution in [-0.4, -0.2) is 40.0 Å². The Labute approximate surface area is 131 Å². The molecule has 5 atom stereocenters. The van der Waals surface area contributed by atoms with Gasteiger partial charge < -0.3 is 10.5 Å². The summed E-state index contributed by atoms with van der Waals surface area (Å²) >= 11 is 0. The molecule has 0 aliphatic carbocycles. The van der Waals surface area contributed by atoms with Crippen LogP contribution in [0.3, 0.4) is 0 Å². The van der Waals surface area contributed by atoms with Gasteiger partial charge in [0.2, 0.25) is 0 Å². The summed E-state index contributed by atoms with van der Waals surface area (Å²) in [6.07, 6.45) is 0.670. The summed E-state index contributed by atoms with van der Waals surface area (Å²) in [5.41, 5.74) is 5.89. The molecule has 7 heteroatoms. The first-order chi connectivity index (χ1) is 10.6. The smallest absolute Gasteiger partial charge is 0.406 e. The van der Waals surface area contributed by atoms with Crippen LogP contribution >= 0.6 is 0 Å². The van der Waals surface area contributed by atoms with Gasteiger partial charge in [-0.3, -0.25) is 4.21 Å². The van der Waals surface area contributed by atoms with Crippen LogP contribution in [-0.2, 0) is 15.5 Å². The molecule has 0 aromatic heterocycles. The molecule has 2 N–H and O–H groups in total. The Kier molecular flexibility index (Phi) is 4.29. The number of nitrogens with zero attached hydrogens (tertiary/aromatic N) is 1. The molecular formula is C15H20FN2O3S+. The summed E-state index contributed by atoms with van der Waals surface area (Å²) in [5, 5.41) is -0.418. The van der Waals surface area contributed by atoms with E-state index in [9.17, 15) is 9.00 Å². The summed E-state index contributed by atoms with van der Waals surface area (Å²) in [6, 6.07) is 7.36. The van der Waals surface area contributed by atoms with Gasteiger partial charge in [0.1, 0.15) is 0 Å². The number of rotatable bonds is 3. The van der Waals surface area contributed by atoms with Gasteiger partial charge in [0.05, 0.1) is 5.25 Å². The second-order valence-electron chi connectivity index (χ2n) is 5.74. The van der Waals surface area contributed by atoms with Crippen LogP contribution in [0.4, 0.5) is 15.0 Å². The molecular weight excluding hydrogens is 307 g/mol. The van der Waals surface area contributed by atoms with Gasteiger partial charge in [-0.25, -0.2) is 0 Å². The monoisotopic (exact) mass is 327 g/mol. The maximum atomic E-state index is 15.8.